The van der Waals surface area contributed by atoms with Gasteiger partial charge in [-0.05, 0) is 18.2 Å². The summed E-state index contributed by atoms with van der Waals surface area (Å²) in [6.45, 7) is 0. The highest BCUT2D eigenvalue weighted by atomic mass is 35.5. The molecule has 0 spiro atoms. The molecule has 0 aliphatic rings. The van der Waals surface area contributed by atoms with Crippen LogP contribution in [0.1, 0.15) is 10.4 Å². The van der Waals surface area contributed by atoms with Crippen molar-refractivity contribution in [3.05, 3.63) is 52.5 Å². The number of amides is 1. The van der Waals surface area contributed by atoms with E-state index in [2.05, 4.69) is 15.3 Å². The van der Waals surface area contributed by atoms with Crippen LogP contribution in [0.4, 0.5) is 5.69 Å². The minimum absolute atomic E-state index is 0.228. The van der Waals surface area contributed by atoms with Crippen LogP contribution in [0.2, 0.25) is 10.2 Å². The second-order valence-corrected chi connectivity index (χ2v) is 3.92. The van der Waals surface area contributed by atoms with E-state index in [4.69, 9.17) is 23.2 Å². The van der Waals surface area contributed by atoms with Crippen molar-refractivity contribution in [1.82, 2.24) is 9.97 Å². The normalized spacial score (nSPS) is 10.0. The van der Waals surface area contributed by atoms with Crippen molar-refractivity contribution in [1.29, 1.82) is 0 Å². The Balaban J connectivity index is 2.24. The maximum Gasteiger partial charge on any atom is 0.257 e. The first kappa shape index (κ1) is 11.8. The van der Waals surface area contributed by atoms with Crippen LogP contribution >= 0.6 is 23.2 Å². The molecule has 6 heteroatoms. The molecule has 0 atom stereocenters. The number of carbonyl (C=O) groups excluding carboxylic acids is 1. The summed E-state index contributed by atoms with van der Waals surface area (Å²) in [5, 5.41) is 3.13. The van der Waals surface area contributed by atoms with Gasteiger partial charge in [0.05, 0.1) is 16.3 Å². The highest BCUT2D eigenvalue weighted by Gasteiger charge is 2.11. The number of nitrogens with zero attached hydrogens (tertiary/aromatic N) is 2. The van der Waals surface area contributed by atoms with Gasteiger partial charge in [0.15, 0.2) is 5.15 Å². The minimum atomic E-state index is -0.354. The summed E-state index contributed by atoms with van der Waals surface area (Å²) in [5.41, 5.74) is 0.772. The number of rotatable bonds is 2. The number of pyridine rings is 2. The molecule has 2 aromatic heterocycles. The van der Waals surface area contributed by atoms with Gasteiger partial charge < -0.3 is 5.32 Å². The lowest BCUT2D eigenvalue weighted by Gasteiger charge is -2.06. The first-order valence-corrected chi connectivity index (χ1v) is 5.45. The van der Waals surface area contributed by atoms with Crippen molar-refractivity contribution in [2.45, 2.75) is 0 Å². The van der Waals surface area contributed by atoms with E-state index in [1.807, 2.05) is 0 Å². The summed E-state index contributed by atoms with van der Waals surface area (Å²) in [4.78, 5) is 19.5. The molecule has 2 rings (SSSR count). The number of aromatic nitrogens is 2. The Morgan fingerprint density at radius 2 is 2.06 bits per heavy atom. The van der Waals surface area contributed by atoms with Crippen molar-refractivity contribution in [3.8, 4) is 0 Å². The predicted octanol–water partition coefficient (Wildman–Crippen LogP) is 3.04. The quantitative estimate of drug-likeness (QED) is 0.851. The van der Waals surface area contributed by atoms with E-state index in [9.17, 15) is 4.79 Å². The zero-order valence-electron chi connectivity index (χ0n) is 8.52. The number of carbonyl (C=O) groups is 1. The van der Waals surface area contributed by atoms with Gasteiger partial charge in [-0.3, -0.25) is 9.78 Å². The van der Waals surface area contributed by atoms with Crippen LogP contribution in [0.25, 0.3) is 0 Å². The number of hydrogen-bond donors (Lipinski definition) is 1. The summed E-state index contributed by atoms with van der Waals surface area (Å²) in [7, 11) is 0. The Morgan fingerprint density at radius 3 is 2.76 bits per heavy atom. The monoisotopic (exact) mass is 267 g/mol. The van der Waals surface area contributed by atoms with Gasteiger partial charge in [-0.25, -0.2) is 4.98 Å². The molecule has 86 valence electrons. The van der Waals surface area contributed by atoms with Crippen LogP contribution in [-0.4, -0.2) is 15.9 Å². The standard InChI is InChI=1S/C11H7Cl2N3O/c12-8-6-14-5-3-7(8)11(17)16-9-2-1-4-15-10(9)13/h1-6H,(H,16,17). The topological polar surface area (TPSA) is 54.9 Å². The third-order valence-corrected chi connectivity index (χ3v) is 2.63. The molecule has 0 unspecified atom stereocenters. The molecular formula is C11H7Cl2N3O. The first-order chi connectivity index (χ1) is 8.18. The van der Waals surface area contributed by atoms with E-state index < -0.39 is 0 Å². The largest absolute Gasteiger partial charge is 0.319 e. The first-order valence-electron chi connectivity index (χ1n) is 4.70. The zero-order valence-corrected chi connectivity index (χ0v) is 10.0. The van der Waals surface area contributed by atoms with E-state index in [0.29, 0.717) is 11.3 Å². The Morgan fingerprint density at radius 1 is 1.24 bits per heavy atom. The van der Waals surface area contributed by atoms with E-state index in [0.717, 1.165) is 0 Å². The lowest BCUT2D eigenvalue weighted by molar-refractivity contribution is 0.102. The Bertz CT molecular complexity index is 560. The van der Waals surface area contributed by atoms with E-state index in [1.165, 1.54) is 24.7 Å². The highest BCUT2D eigenvalue weighted by Crippen LogP contribution is 2.20. The average molecular weight is 268 g/mol. The molecule has 0 aromatic carbocycles. The smallest absolute Gasteiger partial charge is 0.257 e. The second-order valence-electron chi connectivity index (χ2n) is 3.15. The zero-order chi connectivity index (χ0) is 12.3. The van der Waals surface area contributed by atoms with E-state index in [1.54, 1.807) is 12.1 Å². The Labute approximate surface area is 108 Å². The van der Waals surface area contributed by atoms with Gasteiger partial charge in [-0.15, -0.1) is 0 Å². The summed E-state index contributed by atoms with van der Waals surface area (Å²) in [6.07, 6.45) is 4.43. The molecular weight excluding hydrogens is 261 g/mol. The maximum atomic E-state index is 11.9. The van der Waals surface area contributed by atoms with Crippen molar-refractivity contribution in [2.75, 3.05) is 5.32 Å². The third-order valence-electron chi connectivity index (χ3n) is 2.02. The summed E-state index contributed by atoms with van der Waals surface area (Å²) < 4.78 is 0. The van der Waals surface area contributed by atoms with Crippen LogP contribution in [0.3, 0.4) is 0 Å². The number of nitrogens with one attached hydrogen (secondary N) is 1. The second kappa shape index (κ2) is 5.12. The molecule has 0 radical (unpaired) electrons. The average Bonchev–Trinajstić information content (AvgIpc) is 2.32. The van der Waals surface area contributed by atoms with Crippen molar-refractivity contribution in [2.24, 2.45) is 0 Å². The number of halogens is 2. The van der Waals surface area contributed by atoms with Crippen LogP contribution < -0.4 is 5.32 Å². The summed E-state index contributed by atoms with van der Waals surface area (Å²) in [6, 6.07) is 4.86. The molecule has 0 fully saturated rings. The van der Waals surface area contributed by atoms with Gasteiger partial charge in [-0.1, -0.05) is 23.2 Å². The molecule has 1 amide bonds. The molecule has 2 aromatic rings. The van der Waals surface area contributed by atoms with E-state index in [-0.39, 0.29) is 16.1 Å². The number of hydrogen-bond acceptors (Lipinski definition) is 3. The van der Waals surface area contributed by atoms with Crippen molar-refractivity contribution >= 4 is 34.8 Å². The molecule has 0 saturated carbocycles. The van der Waals surface area contributed by atoms with Crippen LogP contribution in [-0.2, 0) is 0 Å². The van der Waals surface area contributed by atoms with E-state index >= 15 is 0 Å². The summed E-state index contributed by atoms with van der Waals surface area (Å²) in [5.74, 6) is -0.354. The predicted molar refractivity (Wildman–Crippen MR) is 66.4 cm³/mol. The maximum absolute atomic E-state index is 11.9. The minimum Gasteiger partial charge on any atom is -0.319 e. The fourth-order valence-corrected chi connectivity index (χ4v) is 1.60. The third kappa shape index (κ3) is 2.72. The molecule has 0 aliphatic carbocycles. The van der Waals surface area contributed by atoms with Crippen LogP contribution in [0, 0.1) is 0 Å². The molecule has 2 heterocycles. The van der Waals surface area contributed by atoms with Crippen LogP contribution in [0.15, 0.2) is 36.8 Å². The Kier molecular flexibility index (Phi) is 3.56. The van der Waals surface area contributed by atoms with Crippen molar-refractivity contribution in [3.63, 3.8) is 0 Å². The highest BCUT2D eigenvalue weighted by molar-refractivity contribution is 6.35. The fourth-order valence-electron chi connectivity index (χ4n) is 1.23. The molecule has 0 bridgehead atoms. The van der Waals surface area contributed by atoms with Gasteiger partial charge in [-0.2, -0.15) is 0 Å². The molecule has 0 aliphatic heterocycles. The SMILES string of the molecule is O=C(Nc1cccnc1Cl)c1ccncc1Cl. The fraction of sp³-hybridized carbons (Fsp3) is 0. The number of anilines is 1. The lowest BCUT2D eigenvalue weighted by Crippen LogP contribution is -2.13. The van der Waals surface area contributed by atoms with Gasteiger partial charge in [0.25, 0.3) is 5.91 Å². The lowest BCUT2D eigenvalue weighted by atomic mass is 10.2. The van der Waals surface area contributed by atoms with Crippen molar-refractivity contribution < 1.29 is 4.79 Å². The molecule has 17 heavy (non-hydrogen) atoms. The van der Waals surface area contributed by atoms with Gasteiger partial charge in [0.1, 0.15) is 0 Å². The van der Waals surface area contributed by atoms with Crippen LogP contribution in [0.5, 0.6) is 0 Å². The van der Waals surface area contributed by atoms with Gasteiger partial charge >= 0.3 is 0 Å². The molecule has 1 N–H and O–H groups in total. The molecule has 4 nitrogen and oxygen atoms in total. The summed E-state index contributed by atoms with van der Waals surface area (Å²) >= 11 is 11.7. The molecule has 0 saturated heterocycles. The van der Waals surface area contributed by atoms with Gasteiger partial charge in [0, 0.05) is 18.6 Å². The van der Waals surface area contributed by atoms with Gasteiger partial charge in [0.2, 0.25) is 0 Å². The Hall–Kier alpha value is -1.65.